The average Bonchev–Trinajstić information content (AvgIpc) is 2.35. The largest absolute Gasteiger partial charge is 0.330 e. The maximum Gasteiger partial charge on any atom is 0.147 e. The van der Waals surface area contributed by atoms with Crippen LogP contribution in [0.15, 0.2) is 30.3 Å². The maximum absolute atomic E-state index is 11.1. The molecule has 0 unspecified atom stereocenters. The summed E-state index contributed by atoms with van der Waals surface area (Å²) in [6, 6.07) is 10.2. The van der Waals surface area contributed by atoms with Crippen molar-refractivity contribution in [3.63, 3.8) is 0 Å². The molecular weight excluding hydrogens is 260 g/mol. The molecule has 2 N–H and O–H groups in total. The summed E-state index contributed by atoms with van der Waals surface area (Å²) in [6.45, 7) is 3.22. The van der Waals surface area contributed by atoms with E-state index in [0.717, 1.165) is 26.1 Å². The molecule has 1 rings (SSSR count). The molecule has 0 amide bonds. The summed E-state index contributed by atoms with van der Waals surface area (Å²) in [7, 11) is -2.86. The molecule has 0 saturated carbocycles. The van der Waals surface area contributed by atoms with Gasteiger partial charge in [-0.1, -0.05) is 30.3 Å². The van der Waals surface area contributed by atoms with E-state index < -0.39 is 9.84 Å². The third-order valence-electron chi connectivity index (χ3n) is 2.92. The molecule has 0 aromatic heterocycles. The normalized spacial score (nSPS) is 11.9. The Morgan fingerprint density at radius 3 is 2.32 bits per heavy atom. The first-order valence-corrected chi connectivity index (χ1v) is 8.71. The van der Waals surface area contributed by atoms with Crippen molar-refractivity contribution < 1.29 is 8.42 Å². The van der Waals surface area contributed by atoms with Crippen LogP contribution in [-0.2, 0) is 16.4 Å². The van der Waals surface area contributed by atoms with E-state index in [2.05, 4.69) is 17.0 Å². The van der Waals surface area contributed by atoms with Crippen molar-refractivity contribution in [2.45, 2.75) is 19.4 Å². The lowest BCUT2D eigenvalue weighted by Crippen LogP contribution is -2.28. The predicted octanol–water partition coefficient (Wildman–Crippen LogP) is 1.27. The first-order chi connectivity index (χ1) is 9.01. The Kier molecular flexibility index (Phi) is 7.05. The number of benzene rings is 1. The van der Waals surface area contributed by atoms with Crippen LogP contribution in [0.3, 0.4) is 0 Å². The second kappa shape index (κ2) is 8.30. The summed E-state index contributed by atoms with van der Waals surface area (Å²) in [5.41, 5.74) is 6.79. The van der Waals surface area contributed by atoms with Gasteiger partial charge in [-0.15, -0.1) is 0 Å². The minimum atomic E-state index is -2.86. The Bertz CT molecular complexity index is 446. The van der Waals surface area contributed by atoms with Crippen LogP contribution in [0.1, 0.15) is 18.4 Å². The fourth-order valence-corrected chi connectivity index (χ4v) is 2.63. The van der Waals surface area contributed by atoms with Crippen LogP contribution in [0.2, 0.25) is 0 Å². The van der Waals surface area contributed by atoms with Crippen LogP contribution in [0, 0.1) is 0 Å². The molecule has 4 nitrogen and oxygen atoms in total. The first kappa shape index (κ1) is 16.1. The zero-order chi connectivity index (χ0) is 14.1. The van der Waals surface area contributed by atoms with Crippen LogP contribution >= 0.6 is 0 Å². The van der Waals surface area contributed by atoms with E-state index in [4.69, 9.17) is 5.73 Å². The summed E-state index contributed by atoms with van der Waals surface area (Å²) in [5, 5.41) is 0. The standard InChI is InChI=1S/C14H24N2O2S/c1-19(17,18)12-6-11-16(10-5-9-15)13-14-7-3-2-4-8-14/h2-4,7-8H,5-6,9-13,15H2,1H3. The van der Waals surface area contributed by atoms with Crippen molar-refractivity contribution in [1.29, 1.82) is 0 Å². The summed E-state index contributed by atoms with van der Waals surface area (Å²) in [6.07, 6.45) is 2.90. The van der Waals surface area contributed by atoms with Gasteiger partial charge in [-0.05, 0) is 38.0 Å². The van der Waals surface area contributed by atoms with Gasteiger partial charge in [0.2, 0.25) is 0 Å². The molecule has 108 valence electrons. The molecule has 0 aliphatic rings. The van der Waals surface area contributed by atoms with Gasteiger partial charge in [0, 0.05) is 12.8 Å². The highest BCUT2D eigenvalue weighted by atomic mass is 32.2. The predicted molar refractivity (Wildman–Crippen MR) is 79.7 cm³/mol. The lowest BCUT2D eigenvalue weighted by Gasteiger charge is -2.22. The Hall–Kier alpha value is -0.910. The van der Waals surface area contributed by atoms with Crippen LogP contribution in [0.5, 0.6) is 0 Å². The lowest BCUT2D eigenvalue weighted by molar-refractivity contribution is 0.264. The Morgan fingerprint density at radius 1 is 1.11 bits per heavy atom. The van der Waals surface area contributed by atoms with Crippen LogP contribution in [-0.4, -0.2) is 45.0 Å². The third kappa shape index (κ3) is 7.97. The van der Waals surface area contributed by atoms with Crippen molar-refractivity contribution in [1.82, 2.24) is 4.90 Å². The van der Waals surface area contributed by atoms with Crippen molar-refractivity contribution in [2.24, 2.45) is 5.73 Å². The third-order valence-corrected chi connectivity index (χ3v) is 3.95. The molecule has 19 heavy (non-hydrogen) atoms. The molecule has 0 fully saturated rings. The Labute approximate surface area is 116 Å². The van der Waals surface area contributed by atoms with Gasteiger partial charge in [0.1, 0.15) is 9.84 Å². The minimum absolute atomic E-state index is 0.251. The van der Waals surface area contributed by atoms with Gasteiger partial charge in [0.05, 0.1) is 5.75 Å². The molecule has 0 bridgehead atoms. The summed E-state index contributed by atoms with van der Waals surface area (Å²) < 4.78 is 22.3. The maximum atomic E-state index is 11.1. The second-order valence-electron chi connectivity index (χ2n) is 4.89. The van der Waals surface area contributed by atoms with E-state index in [0.29, 0.717) is 13.0 Å². The van der Waals surface area contributed by atoms with Gasteiger partial charge in [-0.25, -0.2) is 8.42 Å². The van der Waals surface area contributed by atoms with Gasteiger partial charge < -0.3 is 5.73 Å². The second-order valence-corrected chi connectivity index (χ2v) is 7.15. The van der Waals surface area contributed by atoms with Crippen molar-refractivity contribution in [3.05, 3.63) is 35.9 Å². The van der Waals surface area contributed by atoms with E-state index in [1.165, 1.54) is 11.8 Å². The molecular formula is C14H24N2O2S. The highest BCUT2D eigenvalue weighted by Crippen LogP contribution is 2.06. The summed E-state index contributed by atoms with van der Waals surface area (Å²) in [4.78, 5) is 2.27. The highest BCUT2D eigenvalue weighted by Gasteiger charge is 2.08. The lowest BCUT2D eigenvalue weighted by atomic mass is 10.2. The quantitative estimate of drug-likeness (QED) is 0.742. The number of nitrogens with two attached hydrogens (primary N) is 1. The molecule has 0 aliphatic heterocycles. The summed E-state index contributed by atoms with van der Waals surface area (Å²) >= 11 is 0. The van der Waals surface area contributed by atoms with E-state index in [1.54, 1.807) is 0 Å². The van der Waals surface area contributed by atoms with Crippen LogP contribution < -0.4 is 5.73 Å². The van der Waals surface area contributed by atoms with Gasteiger partial charge in [0.25, 0.3) is 0 Å². The average molecular weight is 284 g/mol. The smallest absolute Gasteiger partial charge is 0.147 e. The fourth-order valence-electron chi connectivity index (χ4n) is 1.98. The Balaban J connectivity index is 2.47. The molecule has 0 radical (unpaired) electrons. The molecule has 0 heterocycles. The first-order valence-electron chi connectivity index (χ1n) is 6.65. The zero-order valence-electron chi connectivity index (χ0n) is 11.6. The van der Waals surface area contributed by atoms with Crippen molar-refractivity contribution in [2.75, 3.05) is 31.6 Å². The van der Waals surface area contributed by atoms with E-state index in [-0.39, 0.29) is 5.75 Å². The molecule has 0 spiro atoms. The fraction of sp³-hybridized carbons (Fsp3) is 0.571. The molecule has 1 aromatic carbocycles. The number of nitrogens with zero attached hydrogens (tertiary/aromatic N) is 1. The van der Waals surface area contributed by atoms with Crippen LogP contribution in [0.25, 0.3) is 0 Å². The SMILES string of the molecule is CS(=O)(=O)CCCN(CCCN)Cc1ccccc1. The number of hydrogen-bond donors (Lipinski definition) is 1. The number of rotatable bonds is 9. The number of hydrogen-bond acceptors (Lipinski definition) is 4. The van der Waals surface area contributed by atoms with Gasteiger partial charge in [-0.3, -0.25) is 4.90 Å². The van der Waals surface area contributed by atoms with Crippen molar-refractivity contribution in [3.8, 4) is 0 Å². The van der Waals surface area contributed by atoms with Gasteiger partial charge >= 0.3 is 0 Å². The zero-order valence-corrected chi connectivity index (χ0v) is 12.4. The monoisotopic (exact) mass is 284 g/mol. The van der Waals surface area contributed by atoms with E-state index in [9.17, 15) is 8.42 Å². The van der Waals surface area contributed by atoms with Crippen molar-refractivity contribution >= 4 is 9.84 Å². The molecule has 0 aliphatic carbocycles. The molecule has 0 atom stereocenters. The van der Waals surface area contributed by atoms with E-state index in [1.807, 2.05) is 18.2 Å². The summed E-state index contributed by atoms with van der Waals surface area (Å²) in [5.74, 6) is 0.251. The van der Waals surface area contributed by atoms with Gasteiger partial charge in [-0.2, -0.15) is 0 Å². The molecule has 1 aromatic rings. The van der Waals surface area contributed by atoms with Gasteiger partial charge in [0.15, 0.2) is 0 Å². The molecule has 5 heteroatoms. The van der Waals surface area contributed by atoms with E-state index >= 15 is 0 Å². The van der Waals surface area contributed by atoms with Crippen LogP contribution in [0.4, 0.5) is 0 Å². The topological polar surface area (TPSA) is 63.4 Å². The molecule has 0 saturated heterocycles. The Morgan fingerprint density at radius 2 is 1.74 bits per heavy atom. The minimum Gasteiger partial charge on any atom is -0.330 e. The number of sulfone groups is 1. The highest BCUT2D eigenvalue weighted by molar-refractivity contribution is 7.90.